The number of sulfonamides is 1. The summed E-state index contributed by atoms with van der Waals surface area (Å²) in [7, 11) is -3.51. The van der Waals surface area contributed by atoms with Gasteiger partial charge >= 0.3 is 0 Å². The molecule has 1 aliphatic heterocycles. The molecule has 3 rings (SSSR count). The van der Waals surface area contributed by atoms with E-state index in [1.54, 1.807) is 24.3 Å². The number of nitrogens with zero attached hydrogens (tertiary/aromatic N) is 1. The Balaban J connectivity index is 1.89. The predicted octanol–water partition coefficient (Wildman–Crippen LogP) is 2.62. The zero-order valence-electron chi connectivity index (χ0n) is 14.9. The lowest BCUT2D eigenvalue weighted by Gasteiger charge is -2.36. The maximum absolute atomic E-state index is 14.2. The molecule has 2 atom stereocenters. The quantitative estimate of drug-likeness (QED) is 0.843. The van der Waals surface area contributed by atoms with Gasteiger partial charge in [-0.2, -0.15) is 4.31 Å². The van der Waals surface area contributed by atoms with Crippen molar-refractivity contribution in [3.05, 3.63) is 65.2 Å². The molecule has 0 spiro atoms. The second kappa shape index (κ2) is 7.92. The first kappa shape index (κ1) is 19.7. The van der Waals surface area contributed by atoms with Crippen molar-refractivity contribution in [1.29, 1.82) is 0 Å². The van der Waals surface area contributed by atoms with Crippen LogP contribution in [0.25, 0.3) is 0 Å². The summed E-state index contributed by atoms with van der Waals surface area (Å²) < 4.78 is 59.6. The molecule has 1 aliphatic rings. The van der Waals surface area contributed by atoms with E-state index in [9.17, 15) is 17.2 Å². The average Bonchev–Trinajstić information content (AvgIpc) is 2.63. The molecule has 146 valence electrons. The summed E-state index contributed by atoms with van der Waals surface area (Å²) >= 11 is 0. The predicted molar refractivity (Wildman–Crippen MR) is 98.9 cm³/mol. The van der Waals surface area contributed by atoms with Crippen molar-refractivity contribution in [2.45, 2.75) is 25.0 Å². The minimum atomic E-state index is -3.51. The van der Waals surface area contributed by atoms with E-state index in [-0.39, 0.29) is 31.3 Å². The Labute approximate surface area is 157 Å². The number of piperidine rings is 1. The molecule has 27 heavy (non-hydrogen) atoms. The van der Waals surface area contributed by atoms with Gasteiger partial charge < -0.3 is 10.5 Å². The number of ether oxygens (including phenoxy) is 1. The fourth-order valence-electron chi connectivity index (χ4n) is 3.35. The highest BCUT2D eigenvalue weighted by atomic mass is 32.2. The summed E-state index contributed by atoms with van der Waals surface area (Å²) in [6, 6.07) is 10.6. The number of hydrogen-bond acceptors (Lipinski definition) is 4. The van der Waals surface area contributed by atoms with Crippen molar-refractivity contribution >= 4 is 10.0 Å². The van der Waals surface area contributed by atoms with Gasteiger partial charge in [0.25, 0.3) is 0 Å². The lowest BCUT2D eigenvalue weighted by Crippen LogP contribution is -2.47. The minimum Gasteiger partial charge on any atom is -0.486 e. The number of hydrogen-bond donors (Lipinski definition) is 1. The van der Waals surface area contributed by atoms with E-state index < -0.39 is 27.8 Å². The minimum absolute atomic E-state index is 0.0191. The van der Waals surface area contributed by atoms with Crippen LogP contribution in [0.2, 0.25) is 0 Å². The van der Waals surface area contributed by atoms with Crippen LogP contribution in [-0.2, 0) is 16.6 Å². The normalized spacial score (nSPS) is 21.2. The van der Waals surface area contributed by atoms with Crippen molar-refractivity contribution in [2.24, 2.45) is 5.73 Å². The van der Waals surface area contributed by atoms with Crippen molar-refractivity contribution in [1.82, 2.24) is 4.31 Å². The molecule has 0 aromatic heterocycles. The first-order valence-corrected chi connectivity index (χ1v) is 10.5. The molecular weight excluding hydrogens is 374 g/mol. The van der Waals surface area contributed by atoms with Crippen LogP contribution in [0.5, 0.6) is 5.75 Å². The number of rotatable bonds is 5. The third-order valence-corrected chi connectivity index (χ3v) is 5.95. The molecular formula is C19H22F2N2O3S. The third kappa shape index (κ3) is 4.63. The van der Waals surface area contributed by atoms with Crippen LogP contribution in [-0.4, -0.2) is 38.2 Å². The average molecular weight is 396 g/mol. The van der Waals surface area contributed by atoms with Crippen LogP contribution < -0.4 is 10.5 Å². The van der Waals surface area contributed by atoms with E-state index in [0.29, 0.717) is 17.5 Å². The molecule has 0 saturated carbocycles. The molecule has 0 amide bonds. The van der Waals surface area contributed by atoms with Crippen molar-refractivity contribution in [3.8, 4) is 5.75 Å². The molecule has 1 fully saturated rings. The molecule has 1 saturated heterocycles. The fourth-order valence-corrected chi connectivity index (χ4v) is 4.23. The summed E-state index contributed by atoms with van der Waals surface area (Å²) in [5.74, 6) is -1.31. The maximum Gasteiger partial charge on any atom is 0.211 e. The van der Waals surface area contributed by atoms with Crippen LogP contribution in [0.15, 0.2) is 42.5 Å². The van der Waals surface area contributed by atoms with Gasteiger partial charge in [0.15, 0.2) is 11.6 Å². The van der Waals surface area contributed by atoms with Crippen molar-refractivity contribution in [3.63, 3.8) is 0 Å². The zero-order valence-corrected chi connectivity index (χ0v) is 15.8. The zero-order chi connectivity index (χ0) is 19.6. The van der Waals surface area contributed by atoms with Crippen LogP contribution in [0.4, 0.5) is 8.78 Å². The van der Waals surface area contributed by atoms with Gasteiger partial charge in [0.2, 0.25) is 10.0 Å². The first-order chi connectivity index (χ1) is 12.8. The Morgan fingerprint density at radius 2 is 1.89 bits per heavy atom. The van der Waals surface area contributed by atoms with Crippen LogP contribution in [0.1, 0.15) is 23.5 Å². The van der Waals surface area contributed by atoms with E-state index in [4.69, 9.17) is 10.5 Å². The van der Waals surface area contributed by atoms with Gasteiger partial charge in [0.1, 0.15) is 11.9 Å². The second-order valence-electron chi connectivity index (χ2n) is 6.74. The summed E-state index contributed by atoms with van der Waals surface area (Å²) in [4.78, 5) is 0. The van der Waals surface area contributed by atoms with Gasteiger partial charge in [-0.3, -0.25) is 0 Å². The maximum atomic E-state index is 14.2. The van der Waals surface area contributed by atoms with Gasteiger partial charge in [-0.25, -0.2) is 17.2 Å². The number of benzene rings is 2. The molecule has 8 heteroatoms. The van der Waals surface area contributed by atoms with Crippen LogP contribution >= 0.6 is 0 Å². The molecule has 5 nitrogen and oxygen atoms in total. The molecule has 0 aliphatic carbocycles. The SMILES string of the molecule is CS(=O)(=O)N1CC(Oc2cc(CN)ccc2F)CC(c2ccccc2F)C1. The summed E-state index contributed by atoms with van der Waals surface area (Å²) in [5, 5.41) is 0. The molecule has 0 radical (unpaired) electrons. The molecule has 0 bridgehead atoms. The van der Waals surface area contributed by atoms with Crippen molar-refractivity contribution in [2.75, 3.05) is 19.3 Å². The molecule has 2 aromatic rings. The van der Waals surface area contributed by atoms with Gasteiger partial charge in [0, 0.05) is 19.0 Å². The lowest BCUT2D eigenvalue weighted by atomic mass is 9.90. The third-order valence-electron chi connectivity index (χ3n) is 4.72. The van der Waals surface area contributed by atoms with Gasteiger partial charge in [0.05, 0.1) is 12.8 Å². The molecule has 2 aromatic carbocycles. The highest BCUT2D eigenvalue weighted by molar-refractivity contribution is 7.88. The van der Waals surface area contributed by atoms with E-state index in [0.717, 1.165) is 6.26 Å². The Morgan fingerprint density at radius 3 is 2.56 bits per heavy atom. The topological polar surface area (TPSA) is 72.6 Å². The van der Waals surface area contributed by atoms with E-state index in [1.807, 2.05) is 0 Å². The lowest BCUT2D eigenvalue weighted by molar-refractivity contribution is 0.112. The summed E-state index contributed by atoms with van der Waals surface area (Å²) in [6.45, 7) is 0.468. The van der Waals surface area contributed by atoms with E-state index in [2.05, 4.69) is 0 Å². The Morgan fingerprint density at radius 1 is 1.15 bits per heavy atom. The fraction of sp³-hybridized carbons (Fsp3) is 0.368. The number of nitrogens with two attached hydrogens (primary N) is 1. The summed E-state index contributed by atoms with van der Waals surface area (Å²) in [6.07, 6.45) is 0.864. The van der Waals surface area contributed by atoms with Gasteiger partial charge in [-0.15, -0.1) is 0 Å². The van der Waals surface area contributed by atoms with Crippen molar-refractivity contribution < 1.29 is 21.9 Å². The largest absolute Gasteiger partial charge is 0.486 e. The smallest absolute Gasteiger partial charge is 0.211 e. The number of halogens is 2. The standard InChI is InChI=1S/C19H22F2N2O3S/c1-27(24,25)23-11-14(16-4-2-3-5-17(16)20)9-15(12-23)26-19-8-13(10-22)6-7-18(19)21/h2-8,14-15H,9-12,22H2,1H3. The van der Waals surface area contributed by atoms with E-state index in [1.165, 1.54) is 22.5 Å². The molecule has 1 heterocycles. The van der Waals surface area contributed by atoms with Gasteiger partial charge in [-0.05, 0) is 35.7 Å². The second-order valence-corrected chi connectivity index (χ2v) is 8.73. The molecule has 2 unspecified atom stereocenters. The van der Waals surface area contributed by atoms with Crippen LogP contribution in [0, 0.1) is 11.6 Å². The monoisotopic (exact) mass is 396 g/mol. The Kier molecular flexibility index (Phi) is 5.78. The first-order valence-electron chi connectivity index (χ1n) is 8.62. The molecule has 2 N–H and O–H groups in total. The highest BCUT2D eigenvalue weighted by Gasteiger charge is 2.35. The Hall–Kier alpha value is -2.03. The highest BCUT2D eigenvalue weighted by Crippen LogP contribution is 2.32. The van der Waals surface area contributed by atoms with Crippen LogP contribution in [0.3, 0.4) is 0 Å². The van der Waals surface area contributed by atoms with Gasteiger partial charge in [-0.1, -0.05) is 24.3 Å². The summed E-state index contributed by atoms with van der Waals surface area (Å²) in [5.41, 5.74) is 6.72. The van der Waals surface area contributed by atoms with E-state index >= 15 is 0 Å². The Bertz CT molecular complexity index is 921.